The van der Waals surface area contributed by atoms with Gasteiger partial charge in [0, 0.05) is 11.3 Å². The van der Waals surface area contributed by atoms with Crippen LogP contribution >= 0.6 is 12.4 Å². The van der Waals surface area contributed by atoms with E-state index in [1.807, 2.05) is 0 Å². The molecule has 1 unspecified atom stereocenters. The van der Waals surface area contributed by atoms with Gasteiger partial charge in [-0.1, -0.05) is 12.1 Å². The maximum Gasteiger partial charge on any atom is 0.435 e. The average Bonchev–Trinajstić information content (AvgIpc) is 3.15. The lowest BCUT2D eigenvalue weighted by atomic mass is 10.1. The second-order valence-electron chi connectivity index (χ2n) is 7.10. The normalized spacial score (nSPS) is 12.7. The summed E-state index contributed by atoms with van der Waals surface area (Å²) in [6.07, 6.45) is -4.72. The van der Waals surface area contributed by atoms with E-state index in [9.17, 15) is 26.4 Å². The molecule has 1 atom stereocenters. The zero-order chi connectivity index (χ0) is 23.8. The van der Waals surface area contributed by atoms with Crippen LogP contribution in [0.25, 0.3) is 16.9 Å². The standard InChI is InChI=1S/C20H19F3N4O4S.ClH/c1-11-3-4-13(9-16(11)25-12(2)19(28)29)17-10-18(20(21,22)23)26-27(17)14-5-7-15(8-6-14)32(24,30)31;/h3-10,12,25H,1-2H3,(H,28,29)(H2,24,30,31);1H. The molecule has 0 aliphatic rings. The zero-order valence-corrected chi connectivity index (χ0v) is 18.9. The minimum absolute atomic E-state index is 0. The summed E-state index contributed by atoms with van der Waals surface area (Å²) in [5, 5.41) is 20.7. The monoisotopic (exact) mass is 504 g/mol. The number of carboxylic acid groups (broad SMARTS) is 1. The quantitative estimate of drug-likeness (QED) is 0.468. The van der Waals surface area contributed by atoms with Gasteiger partial charge in [-0.3, -0.25) is 4.79 Å². The lowest BCUT2D eigenvalue weighted by molar-refractivity contribution is -0.141. The fourth-order valence-electron chi connectivity index (χ4n) is 2.93. The molecule has 0 amide bonds. The summed E-state index contributed by atoms with van der Waals surface area (Å²) in [7, 11) is -3.98. The molecule has 0 saturated carbocycles. The molecular formula is C20H20ClF3N4O4S. The van der Waals surface area contributed by atoms with Crippen LogP contribution in [0.5, 0.6) is 0 Å². The Labute approximate surface area is 193 Å². The van der Waals surface area contributed by atoms with Gasteiger partial charge in [0.2, 0.25) is 10.0 Å². The fourth-order valence-corrected chi connectivity index (χ4v) is 3.45. The summed E-state index contributed by atoms with van der Waals surface area (Å²) >= 11 is 0. The number of halogens is 4. The van der Waals surface area contributed by atoms with E-state index in [0.29, 0.717) is 16.8 Å². The van der Waals surface area contributed by atoms with Crippen LogP contribution < -0.4 is 10.5 Å². The third-order valence-corrected chi connectivity index (χ3v) is 5.61. The molecule has 178 valence electrons. The highest BCUT2D eigenvalue weighted by atomic mass is 35.5. The first-order valence-electron chi connectivity index (χ1n) is 9.18. The summed E-state index contributed by atoms with van der Waals surface area (Å²) in [4.78, 5) is 11.0. The number of nitrogens with zero attached hydrogens (tertiary/aromatic N) is 2. The first kappa shape index (κ1) is 26.2. The van der Waals surface area contributed by atoms with Gasteiger partial charge in [-0.2, -0.15) is 18.3 Å². The number of rotatable bonds is 6. The van der Waals surface area contributed by atoms with E-state index in [2.05, 4.69) is 10.4 Å². The molecule has 33 heavy (non-hydrogen) atoms. The van der Waals surface area contributed by atoms with Crippen LogP contribution in [-0.4, -0.2) is 35.3 Å². The first-order valence-corrected chi connectivity index (χ1v) is 10.7. The number of hydrogen-bond acceptors (Lipinski definition) is 5. The number of sulfonamides is 1. The van der Waals surface area contributed by atoms with Gasteiger partial charge in [-0.25, -0.2) is 18.2 Å². The van der Waals surface area contributed by atoms with Gasteiger partial charge >= 0.3 is 12.1 Å². The molecule has 8 nitrogen and oxygen atoms in total. The topological polar surface area (TPSA) is 127 Å². The van der Waals surface area contributed by atoms with Crippen LogP contribution in [0.15, 0.2) is 53.4 Å². The molecule has 0 saturated heterocycles. The van der Waals surface area contributed by atoms with Gasteiger partial charge in [-0.05, 0) is 55.8 Å². The van der Waals surface area contributed by atoms with Gasteiger partial charge in [0.15, 0.2) is 5.69 Å². The number of nitrogens with two attached hydrogens (primary N) is 1. The van der Waals surface area contributed by atoms with Crippen LogP contribution in [0, 0.1) is 6.92 Å². The number of carbonyl (C=O) groups is 1. The lowest BCUT2D eigenvalue weighted by Gasteiger charge is -2.15. The van der Waals surface area contributed by atoms with Gasteiger partial charge < -0.3 is 10.4 Å². The molecule has 4 N–H and O–H groups in total. The van der Waals surface area contributed by atoms with Crippen molar-refractivity contribution in [3.63, 3.8) is 0 Å². The van der Waals surface area contributed by atoms with E-state index in [1.54, 1.807) is 19.1 Å². The minimum atomic E-state index is -4.72. The zero-order valence-electron chi connectivity index (χ0n) is 17.3. The molecular weight excluding hydrogens is 485 g/mol. The number of hydrogen-bond donors (Lipinski definition) is 3. The molecule has 0 fully saturated rings. The summed E-state index contributed by atoms with van der Waals surface area (Å²) in [6, 6.07) is 9.60. The van der Waals surface area contributed by atoms with Gasteiger partial charge in [0.25, 0.3) is 0 Å². The molecule has 1 heterocycles. The Hall–Kier alpha value is -3.09. The Kier molecular flexibility index (Phi) is 7.46. The highest BCUT2D eigenvalue weighted by Crippen LogP contribution is 2.34. The van der Waals surface area contributed by atoms with Crippen molar-refractivity contribution in [1.29, 1.82) is 0 Å². The first-order chi connectivity index (χ1) is 14.8. The van der Waals surface area contributed by atoms with Crippen LogP contribution in [0.3, 0.4) is 0 Å². The molecule has 0 radical (unpaired) electrons. The Balaban J connectivity index is 0.00000385. The fraction of sp³-hybridized carbons (Fsp3) is 0.200. The van der Waals surface area contributed by atoms with E-state index < -0.39 is 33.9 Å². The third-order valence-electron chi connectivity index (χ3n) is 4.69. The summed E-state index contributed by atoms with van der Waals surface area (Å²) in [5.74, 6) is -1.09. The predicted molar refractivity (Wildman–Crippen MR) is 118 cm³/mol. The highest BCUT2D eigenvalue weighted by Gasteiger charge is 2.35. The van der Waals surface area contributed by atoms with Crippen molar-refractivity contribution in [3.8, 4) is 16.9 Å². The number of aryl methyl sites for hydroxylation is 1. The van der Waals surface area contributed by atoms with Gasteiger partial charge in [0.05, 0.1) is 16.3 Å². The Bertz CT molecular complexity index is 1280. The molecule has 0 bridgehead atoms. The van der Waals surface area contributed by atoms with Gasteiger partial charge in [0.1, 0.15) is 6.04 Å². The highest BCUT2D eigenvalue weighted by molar-refractivity contribution is 7.89. The molecule has 2 aromatic carbocycles. The number of alkyl halides is 3. The maximum absolute atomic E-state index is 13.4. The van der Waals surface area contributed by atoms with Crippen LogP contribution in [-0.2, 0) is 21.0 Å². The van der Waals surface area contributed by atoms with E-state index >= 15 is 0 Å². The van der Waals surface area contributed by atoms with Crippen molar-refractivity contribution in [2.24, 2.45) is 5.14 Å². The number of nitrogens with one attached hydrogen (secondary N) is 1. The predicted octanol–water partition coefficient (Wildman–Crippen LogP) is 3.82. The SMILES string of the molecule is Cc1ccc(-c2cc(C(F)(F)F)nn2-c2ccc(S(N)(=O)=O)cc2)cc1NC(C)C(=O)O.Cl. The molecule has 0 spiro atoms. The summed E-state index contributed by atoms with van der Waals surface area (Å²) < 4.78 is 64.1. The average molecular weight is 505 g/mol. The number of primary sulfonamides is 1. The summed E-state index contributed by atoms with van der Waals surface area (Å²) in [5.41, 5.74) is 0.583. The largest absolute Gasteiger partial charge is 0.480 e. The van der Waals surface area contributed by atoms with Crippen molar-refractivity contribution < 1.29 is 31.5 Å². The van der Waals surface area contributed by atoms with E-state index in [-0.39, 0.29) is 28.7 Å². The molecule has 3 rings (SSSR count). The minimum Gasteiger partial charge on any atom is -0.480 e. The smallest absolute Gasteiger partial charge is 0.435 e. The number of benzene rings is 2. The van der Waals surface area contributed by atoms with Crippen molar-refractivity contribution in [1.82, 2.24) is 9.78 Å². The molecule has 0 aliphatic carbocycles. The number of aromatic nitrogens is 2. The Morgan fingerprint density at radius 1 is 1.15 bits per heavy atom. The molecule has 13 heteroatoms. The maximum atomic E-state index is 13.4. The van der Waals surface area contributed by atoms with E-state index in [4.69, 9.17) is 10.2 Å². The second-order valence-corrected chi connectivity index (χ2v) is 8.66. The Morgan fingerprint density at radius 3 is 2.27 bits per heavy atom. The molecule has 0 aliphatic heterocycles. The third kappa shape index (κ3) is 5.83. The van der Waals surface area contributed by atoms with Crippen LogP contribution in [0.1, 0.15) is 18.2 Å². The lowest BCUT2D eigenvalue weighted by Crippen LogP contribution is -2.25. The van der Waals surface area contributed by atoms with E-state index in [0.717, 1.165) is 10.7 Å². The van der Waals surface area contributed by atoms with Crippen LogP contribution in [0.2, 0.25) is 0 Å². The van der Waals surface area contributed by atoms with Crippen LogP contribution in [0.4, 0.5) is 18.9 Å². The van der Waals surface area contributed by atoms with Crippen molar-refractivity contribution in [2.45, 2.75) is 31.0 Å². The van der Waals surface area contributed by atoms with Crippen molar-refractivity contribution in [2.75, 3.05) is 5.32 Å². The van der Waals surface area contributed by atoms with Crippen molar-refractivity contribution in [3.05, 3.63) is 59.8 Å². The second kappa shape index (κ2) is 9.41. The van der Waals surface area contributed by atoms with E-state index in [1.165, 1.54) is 37.3 Å². The van der Waals surface area contributed by atoms with Crippen molar-refractivity contribution >= 4 is 34.1 Å². The molecule has 1 aromatic heterocycles. The number of aliphatic carboxylic acids is 1. The Morgan fingerprint density at radius 2 is 1.76 bits per heavy atom. The molecule has 3 aromatic rings. The number of anilines is 1. The summed E-state index contributed by atoms with van der Waals surface area (Å²) in [6.45, 7) is 3.17. The van der Waals surface area contributed by atoms with Gasteiger partial charge in [-0.15, -0.1) is 12.4 Å². The number of carboxylic acids is 1.